The largest absolute Gasteiger partial charge is 0.486 e. The van der Waals surface area contributed by atoms with Crippen molar-refractivity contribution in [3.63, 3.8) is 0 Å². The summed E-state index contributed by atoms with van der Waals surface area (Å²) in [5.41, 5.74) is -0.459. The van der Waals surface area contributed by atoms with Crippen LogP contribution in [0.1, 0.15) is 12.8 Å². The summed E-state index contributed by atoms with van der Waals surface area (Å²) in [7, 11) is -3.68. The number of nitrogens with one attached hydrogen (secondary N) is 1. The lowest BCUT2D eigenvalue weighted by Gasteiger charge is -2.35. The lowest BCUT2D eigenvalue weighted by atomic mass is 9.81. The third-order valence-electron chi connectivity index (χ3n) is 4.35. The second-order valence-electron chi connectivity index (χ2n) is 5.90. The molecule has 3 rings (SSSR count). The lowest BCUT2D eigenvalue weighted by Crippen LogP contribution is -2.43. The average Bonchev–Trinajstić information content (AvgIpc) is 2.60. The molecule has 2 aliphatic rings. The van der Waals surface area contributed by atoms with E-state index in [9.17, 15) is 13.5 Å². The number of ether oxygens (including phenoxy) is 3. The van der Waals surface area contributed by atoms with Crippen molar-refractivity contribution in [2.45, 2.75) is 17.7 Å². The van der Waals surface area contributed by atoms with Crippen LogP contribution in [0.25, 0.3) is 0 Å². The van der Waals surface area contributed by atoms with Crippen molar-refractivity contribution < 1.29 is 27.7 Å². The van der Waals surface area contributed by atoms with Crippen molar-refractivity contribution in [2.75, 3.05) is 39.6 Å². The Morgan fingerprint density at radius 1 is 1.09 bits per heavy atom. The summed E-state index contributed by atoms with van der Waals surface area (Å²) >= 11 is 0. The number of hydrogen-bond acceptors (Lipinski definition) is 6. The van der Waals surface area contributed by atoms with E-state index in [4.69, 9.17) is 14.2 Å². The second kappa shape index (κ2) is 6.64. The molecule has 1 aromatic rings. The van der Waals surface area contributed by atoms with E-state index in [1.54, 1.807) is 6.07 Å². The SMILES string of the molecule is O=S(=O)(NCC1(CO)CCOCC1)c1ccc2c(c1)OCCO2. The van der Waals surface area contributed by atoms with E-state index in [-0.39, 0.29) is 18.0 Å². The molecule has 1 saturated heterocycles. The fourth-order valence-electron chi connectivity index (χ4n) is 2.72. The number of aliphatic hydroxyl groups is 1. The fraction of sp³-hybridized carbons (Fsp3) is 0.600. The van der Waals surface area contributed by atoms with Gasteiger partial charge in [-0.3, -0.25) is 0 Å². The van der Waals surface area contributed by atoms with Crippen molar-refractivity contribution in [3.05, 3.63) is 18.2 Å². The van der Waals surface area contributed by atoms with Gasteiger partial charge < -0.3 is 19.3 Å². The van der Waals surface area contributed by atoms with Gasteiger partial charge in [-0.2, -0.15) is 0 Å². The van der Waals surface area contributed by atoms with Crippen LogP contribution in [-0.2, 0) is 14.8 Å². The normalized spacial score (nSPS) is 20.2. The Bertz CT molecular complexity index is 654. The first kappa shape index (κ1) is 16.5. The molecule has 0 atom stereocenters. The van der Waals surface area contributed by atoms with Crippen molar-refractivity contribution >= 4 is 10.0 Å². The van der Waals surface area contributed by atoms with Gasteiger partial charge in [-0.1, -0.05) is 0 Å². The maximum Gasteiger partial charge on any atom is 0.240 e. The van der Waals surface area contributed by atoms with Gasteiger partial charge in [0.2, 0.25) is 10.0 Å². The van der Waals surface area contributed by atoms with Gasteiger partial charge in [-0.05, 0) is 25.0 Å². The number of fused-ring (bicyclic) bond motifs is 1. The van der Waals surface area contributed by atoms with Gasteiger partial charge in [-0.15, -0.1) is 0 Å². The summed E-state index contributed by atoms with van der Waals surface area (Å²) in [6.07, 6.45) is 1.26. The molecule has 0 aliphatic carbocycles. The van der Waals surface area contributed by atoms with Crippen LogP contribution in [0.2, 0.25) is 0 Å². The first-order chi connectivity index (χ1) is 11.0. The summed E-state index contributed by atoms with van der Waals surface area (Å²) in [6.45, 7) is 2.04. The van der Waals surface area contributed by atoms with Crippen molar-refractivity contribution in [1.29, 1.82) is 0 Å². The van der Waals surface area contributed by atoms with Crippen LogP contribution in [0.15, 0.2) is 23.1 Å². The van der Waals surface area contributed by atoms with Crippen LogP contribution < -0.4 is 14.2 Å². The fourth-order valence-corrected chi connectivity index (χ4v) is 3.89. The minimum atomic E-state index is -3.68. The molecule has 8 heteroatoms. The molecule has 0 aromatic heterocycles. The Kier molecular flexibility index (Phi) is 4.77. The monoisotopic (exact) mass is 343 g/mol. The van der Waals surface area contributed by atoms with E-state index < -0.39 is 15.4 Å². The topological polar surface area (TPSA) is 94.1 Å². The Morgan fingerprint density at radius 3 is 2.48 bits per heavy atom. The quantitative estimate of drug-likeness (QED) is 0.810. The van der Waals surface area contributed by atoms with E-state index in [2.05, 4.69) is 4.72 Å². The second-order valence-corrected chi connectivity index (χ2v) is 7.67. The Hall–Kier alpha value is -1.35. The minimum Gasteiger partial charge on any atom is -0.486 e. The maximum atomic E-state index is 12.5. The van der Waals surface area contributed by atoms with E-state index in [1.165, 1.54) is 12.1 Å². The summed E-state index contributed by atoms with van der Waals surface area (Å²) in [6, 6.07) is 4.55. The van der Waals surface area contributed by atoms with Gasteiger partial charge in [0.25, 0.3) is 0 Å². The number of hydrogen-bond donors (Lipinski definition) is 2. The van der Waals surface area contributed by atoms with Gasteiger partial charge in [-0.25, -0.2) is 13.1 Å². The molecular weight excluding hydrogens is 322 g/mol. The highest BCUT2D eigenvalue weighted by atomic mass is 32.2. The first-order valence-corrected chi connectivity index (χ1v) is 9.11. The molecule has 23 heavy (non-hydrogen) atoms. The zero-order chi connectivity index (χ0) is 16.3. The zero-order valence-corrected chi connectivity index (χ0v) is 13.6. The highest BCUT2D eigenvalue weighted by Gasteiger charge is 2.33. The molecule has 0 amide bonds. The molecule has 7 nitrogen and oxygen atoms in total. The predicted molar refractivity (Wildman–Crippen MR) is 82.2 cm³/mol. The van der Waals surface area contributed by atoms with E-state index in [0.29, 0.717) is 50.8 Å². The van der Waals surface area contributed by atoms with Crippen LogP contribution in [0, 0.1) is 5.41 Å². The van der Waals surface area contributed by atoms with Crippen LogP contribution >= 0.6 is 0 Å². The van der Waals surface area contributed by atoms with E-state index in [1.807, 2.05) is 0 Å². The molecule has 2 aliphatic heterocycles. The van der Waals surface area contributed by atoms with Gasteiger partial charge in [0.15, 0.2) is 11.5 Å². The van der Waals surface area contributed by atoms with Crippen molar-refractivity contribution in [2.24, 2.45) is 5.41 Å². The Labute approximate surface area is 135 Å². The highest BCUT2D eigenvalue weighted by Crippen LogP contribution is 2.33. The predicted octanol–water partition coefficient (Wildman–Crippen LogP) is 0.525. The molecule has 0 unspecified atom stereocenters. The van der Waals surface area contributed by atoms with Gasteiger partial charge in [0.05, 0.1) is 11.5 Å². The summed E-state index contributed by atoms with van der Waals surface area (Å²) < 4.78 is 43.7. The smallest absolute Gasteiger partial charge is 0.240 e. The minimum absolute atomic E-state index is 0.0694. The molecule has 0 saturated carbocycles. The van der Waals surface area contributed by atoms with Crippen molar-refractivity contribution in [1.82, 2.24) is 4.72 Å². The van der Waals surface area contributed by atoms with Gasteiger partial charge in [0.1, 0.15) is 13.2 Å². The third kappa shape index (κ3) is 3.60. The highest BCUT2D eigenvalue weighted by molar-refractivity contribution is 7.89. The molecular formula is C15H21NO6S. The first-order valence-electron chi connectivity index (χ1n) is 7.63. The molecule has 2 N–H and O–H groups in total. The van der Waals surface area contributed by atoms with Crippen LogP contribution in [0.5, 0.6) is 11.5 Å². The number of benzene rings is 1. The van der Waals surface area contributed by atoms with Crippen LogP contribution in [0.3, 0.4) is 0 Å². The Morgan fingerprint density at radius 2 is 1.78 bits per heavy atom. The molecule has 128 valence electrons. The van der Waals surface area contributed by atoms with Crippen molar-refractivity contribution in [3.8, 4) is 11.5 Å². The zero-order valence-electron chi connectivity index (χ0n) is 12.8. The molecule has 1 fully saturated rings. The summed E-state index contributed by atoms with van der Waals surface area (Å²) in [5, 5.41) is 9.64. The molecule has 0 spiro atoms. The van der Waals surface area contributed by atoms with Crippen LogP contribution in [0.4, 0.5) is 0 Å². The maximum absolute atomic E-state index is 12.5. The molecule has 0 radical (unpaired) electrons. The van der Waals surface area contributed by atoms with E-state index >= 15 is 0 Å². The van der Waals surface area contributed by atoms with Gasteiger partial charge in [0, 0.05) is 31.2 Å². The summed E-state index contributed by atoms with van der Waals surface area (Å²) in [5.74, 6) is 0.980. The molecule has 1 aromatic carbocycles. The molecule has 2 heterocycles. The standard InChI is InChI=1S/C15H21NO6S/c17-11-15(3-5-20-6-4-15)10-16-23(18,19)12-1-2-13-14(9-12)22-8-7-21-13/h1-2,9,16-17H,3-8,10-11H2. The number of sulfonamides is 1. The Balaban J connectivity index is 1.73. The number of aliphatic hydroxyl groups excluding tert-OH is 1. The van der Waals surface area contributed by atoms with Crippen LogP contribution in [-0.4, -0.2) is 53.1 Å². The third-order valence-corrected chi connectivity index (χ3v) is 5.75. The molecule has 0 bridgehead atoms. The lowest BCUT2D eigenvalue weighted by molar-refractivity contribution is -0.0126. The van der Waals surface area contributed by atoms with Gasteiger partial charge >= 0.3 is 0 Å². The summed E-state index contributed by atoms with van der Waals surface area (Å²) in [4.78, 5) is 0.127. The number of rotatable bonds is 5. The average molecular weight is 343 g/mol. The van der Waals surface area contributed by atoms with E-state index in [0.717, 1.165) is 0 Å².